The van der Waals surface area contributed by atoms with Crippen LogP contribution >= 0.6 is 15.9 Å². The molecule has 0 saturated carbocycles. The molecular formula is C13H20BrN3O. The topological polar surface area (TPSA) is 73.3 Å². The summed E-state index contributed by atoms with van der Waals surface area (Å²) < 4.78 is 0.885. The maximum Gasteiger partial charge on any atom is 0.124 e. The van der Waals surface area contributed by atoms with E-state index in [1.54, 1.807) is 13.8 Å². The van der Waals surface area contributed by atoms with Crippen LogP contribution in [-0.4, -0.2) is 29.6 Å². The van der Waals surface area contributed by atoms with Crippen LogP contribution < -0.4 is 10.6 Å². The number of benzene rings is 1. The molecule has 5 heteroatoms. The molecule has 18 heavy (non-hydrogen) atoms. The lowest BCUT2D eigenvalue weighted by Gasteiger charge is -2.31. The molecule has 0 aliphatic rings. The molecule has 4 N–H and O–H groups in total. The summed E-state index contributed by atoms with van der Waals surface area (Å²) >= 11 is 3.38. The minimum absolute atomic E-state index is 0.0282. The largest absolute Gasteiger partial charge is 0.389 e. The number of hydrogen-bond acceptors (Lipinski definition) is 3. The third kappa shape index (κ3) is 3.99. The summed E-state index contributed by atoms with van der Waals surface area (Å²) in [6.45, 7) is 6.78. The van der Waals surface area contributed by atoms with Crippen molar-refractivity contribution in [3.8, 4) is 0 Å². The predicted octanol–water partition coefficient (Wildman–Crippen LogP) is 2.33. The molecule has 0 amide bonds. The molecular weight excluding hydrogens is 294 g/mol. The number of nitrogens with one attached hydrogen (secondary N) is 1. The first-order chi connectivity index (χ1) is 8.24. The summed E-state index contributed by atoms with van der Waals surface area (Å²) in [5.74, 6) is 0.0282. The molecule has 0 atom stereocenters. The second kappa shape index (κ2) is 5.71. The second-order valence-corrected chi connectivity index (χ2v) is 5.82. The van der Waals surface area contributed by atoms with Crippen LogP contribution in [0, 0.1) is 5.41 Å². The number of aliphatic hydroxyl groups is 1. The number of nitrogen functional groups attached to an aromatic ring is 1. The Kier molecular flexibility index (Phi) is 4.76. The van der Waals surface area contributed by atoms with Crippen LogP contribution in [0.1, 0.15) is 26.3 Å². The highest BCUT2D eigenvalue weighted by Crippen LogP contribution is 2.25. The summed E-state index contributed by atoms with van der Waals surface area (Å²) in [5, 5.41) is 17.6. The summed E-state index contributed by atoms with van der Waals surface area (Å²) in [4.78, 5) is 2.02. The SMILES string of the molecule is CCN(CC(C)(C)O)c1ccc(Br)cc1C(=N)N. The lowest BCUT2D eigenvalue weighted by atomic mass is 10.1. The van der Waals surface area contributed by atoms with Crippen molar-refractivity contribution in [1.82, 2.24) is 0 Å². The van der Waals surface area contributed by atoms with E-state index >= 15 is 0 Å². The van der Waals surface area contributed by atoms with Crippen molar-refractivity contribution in [2.24, 2.45) is 5.73 Å². The lowest BCUT2D eigenvalue weighted by molar-refractivity contribution is 0.0876. The van der Waals surface area contributed by atoms with Crippen molar-refractivity contribution >= 4 is 27.5 Å². The fraction of sp³-hybridized carbons (Fsp3) is 0.462. The smallest absolute Gasteiger partial charge is 0.124 e. The van der Waals surface area contributed by atoms with Crippen molar-refractivity contribution in [2.45, 2.75) is 26.4 Å². The normalized spacial score (nSPS) is 11.4. The first-order valence-corrected chi connectivity index (χ1v) is 6.65. The number of halogens is 1. The van der Waals surface area contributed by atoms with Gasteiger partial charge in [0.15, 0.2) is 0 Å². The van der Waals surface area contributed by atoms with Crippen molar-refractivity contribution < 1.29 is 5.11 Å². The van der Waals surface area contributed by atoms with Gasteiger partial charge < -0.3 is 15.7 Å². The Morgan fingerprint density at radius 1 is 1.50 bits per heavy atom. The van der Waals surface area contributed by atoms with Crippen LogP contribution in [0.3, 0.4) is 0 Å². The zero-order valence-electron chi connectivity index (χ0n) is 11.0. The van der Waals surface area contributed by atoms with Crippen LogP contribution in [0.4, 0.5) is 5.69 Å². The predicted molar refractivity (Wildman–Crippen MR) is 79.3 cm³/mol. The van der Waals surface area contributed by atoms with E-state index in [2.05, 4.69) is 15.9 Å². The molecule has 0 heterocycles. The molecule has 0 aromatic heterocycles. The summed E-state index contributed by atoms with van der Waals surface area (Å²) in [7, 11) is 0. The fourth-order valence-corrected chi connectivity index (χ4v) is 2.20. The number of anilines is 1. The van der Waals surface area contributed by atoms with Crippen molar-refractivity contribution in [3.05, 3.63) is 28.2 Å². The van der Waals surface area contributed by atoms with Gasteiger partial charge in [-0.25, -0.2) is 0 Å². The molecule has 0 aliphatic heterocycles. The van der Waals surface area contributed by atoms with Crippen LogP contribution in [0.2, 0.25) is 0 Å². The van der Waals surface area contributed by atoms with Crippen LogP contribution in [0.15, 0.2) is 22.7 Å². The zero-order chi connectivity index (χ0) is 13.9. The van der Waals surface area contributed by atoms with Gasteiger partial charge in [-0.2, -0.15) is 0 Å². The minimum atomic E-state index is -0.795. The Bertz CT molecular complexity index is 440. The highest BCUT2D eigenvalue weighted by molar-refractivity contribution is 9.10. The maximum atomic E-state index is 9.93. The van der Waals surface area contributed by atoms with Gasteiger partial charge in [-0.05, 0) is 39.0 Å². The third-order valence-electron chi connectivity index (χ3n) is 2.55. The van der Waals surface area contributed by atoms with Crippen LogP contribution in [0.5, 0.6) is 0 Å². The standard InChI is InChI=1S/C13H20BrN3O/c1-4-17(8-13(2,3)18)11-6-5-9(14)7-10(11)12(15)16/h5-7,18H,4,8H2,1-3H3,(H3,15,16). The van der Waals surface area contributed by atoms with E-state index in [0.717, 1.165) is 16.7 Å². The average molecular weight is 314 g/mol. The van der Waals surface area contributed by atoms with E-state index in [0.29, 0.717) is 12.1 Å². The molecule has 0 fully saturated rings. The van der Waals surface area contributed by atoms with E-state index in [1.165, 1.54) is 0 Å². The Hall–Kier alpha value is -1.07. The summed E-state index contributed by atoms with van der Waals surface area (Å²) in [6, 6.07) is 5.65. The van der Waals surface area contributed by atoms with Gasteiger partial charge >= 0.3 is 0 Å². The maximum absolute atomic E-state index is 9.93. The van der Waals surface area contributed by atoms with E-state index in [4.69, 9.17) is 11.1 Å². The van der Waals surface area contributed by atoms with Gasteiger partial charge in [0.1, 0.15) is 5.84 Å². The van der Waals surface area contributed by atoms with E-state index in [-0.39, 0.29) is 5.84 Å². The molecule has 4 nitrogen and oxygen atoms in total. The lowest BCUT2D eigenvalue weighted by Crippen LogP contribution is -2.39. The first kappa shape index (κ1) is 15.0. The van der Waals surface area contributed by atoms with E-state index < -0.39 is 5.60 Å². The average Bonchev–Trinajstić information content (AvgIpc) is 2.24. The Morgan fingerprint density at radius 3 is 2.56 bits per heavy atom. The van der Waals surface area contributed by atoms with Crippen molar-refractivity contribution in [1.29, 1.82) is 5.41 Å². The Balaban J connectivity index is 3.17. The van der Waals surface area contributed by atoms with Gasteiger partial charge in [-0.1, -0.05) is 15.9 Å². The quantitative estimate of drug-likeness (QED) is 0.577. The van der Waals surface area contributed by atoms with Gasteiger partial charge in [0.2, 0.25) is 0 Å². The Labute approximate surface area is 116 Å². The number of hydrogen-bond donors (Lipinski definition) is 3. The monoisotopic (exact) mass is 313 g/mol. The Morgan fingerprint density at radius 2 is 2.11 bits per heavy atom. The molecule has 0 radical (unpaired) electrons. The highest BCUT2D eigenvalue weighted by atomic mass is 79.9. The number of rotatable bonds is 5. The minimum Gasteiger partial charge on any atom is -0.389 e. The molecule has 1 aromatic rings. The number of nitrogens with zero attached hydrogens (tertiary/aromatic N) is 1. The van der Waals surface area contributed by atoms with Gasteiger partial charge in [0.05, 0.1) is 5.60 Å². The fourth-order valence-electron chi connectivity index (χ4n) is 1.83. The molecule has 0 saturated heterocycles. The molecule has 0 aliphatic carbocycles. The van der Waals surface area contributed by atoms with Gasteiger partial charge in [-0.15, -0.1) is 0 Å². The van der Waals surface area contributed by atoms with Crippen LogP contribution in [-0.2, 0) is 0 Å². The summed E-state index contributed by atoms with van der Waals surface area (Å²) in [6.07, 6.45) is 0. The van der Waals surface area contributed by atoms with Gasteiger partial charge in [0, 0.05) is 28.8 Å². The summed E-state index contributed by atoms with van der Waals surface area (Å²) in [5.41, 5.74) is 6.37. The molecule has 1 aromatic carbocycles. The van der Waals surface area contributed by atoms with E-state index in [1.807, 2.05) is 30.0 Å². The molecule has 100 valence electrons. The third-order valence-corrected chi connectivity index (χ3v) is 3.04. The van der Waals surface area contributed by atoms with Crippen molar-refractivity contribution in [2.75, 3.05) is 18.0 Å². The zero-order valence-corrected chi connectivity index (χ0v) is 12.6. The van der Waals surface area contributed by atoms with E-state index in [9.17, 15) is 5.11 Å². The molecule has 0 unspecified atom stereocenters. The van der Waals surface area contributed by atoms with Crippen LogP contribution in [0.25, 0.3) is 0 Å². The number of amidine groups is 1. The molecule has 1 rings (SSSR count). The number of likely N-dealkylation sites (N-methyl/N-ethyl adjacent to an activating group) is 1. The molecule has 0 spiro atoms. The molecule has 0 bridgehead atoms. The number of nitrogens with two attached hydrogens (primary N) is 1. The van der Waals surface area contributed by atoms with Gasteiger partial charge in [0.25, 0.3) is 0 Å². The first-order valence-electron chi connectivity index (χ1n) is 5.86. The van der Waals surface area contributed by atoms with Crippen molar-refractivity contribution in [3.63, 3.8) is 0 Å². The van der Waals surface area contributed by atoms with Gasteiger partial charge in [-0.3, -0.25) is 5.41 Å². The second-order valence-electron chi connectivity index (χ2n) is 4.90. The highest BCUT2D eigenvalue weighted by Gasteiger charge is 2.20.